The summed E-state index contributed by atoms with van der Waals surface area (Å²) in [5, 5.41) is 2.23. The summed E-state index contributed by atoms with van der Waals surface area (Å²) in [6.07, 6.45) is 21.7. The van der Waals surface area contributed by atoms with Crippen LogP contribution in [0, 0.1) is 0 Å². The van der Waals surface area contributed by atoms with E-state index in [2.05, 4.69) is 108 Å². The van der Waals surface area contributed by atoms with Crippen molar-refractivity contribution in [2.75, 3.05) is 0 Å². The van der Waals surface area contributed by atoms with Gasteiger partial charge in [-0.3, -0.25) is 0 Å². The van der Waals surface area contributed by atoms with Crippen LogP contribution in [0.2, 0.25) is 0 Å². The highest BCUT2D eigenvalue weighted by Gasteiger charge is 2.52. The van der Waals surface area contributed by atoms with Gasteiger partial charge < -0.3 is 9.31 Å². The van der Waals surface area contributed by atoms with E-state index in [1.165, 1.54) is 94.6 Å². The predicted molar refractivity (Wildman–Crippen MR) is 184 cm³/mol. The number of benzene rings is 1. The number of aryl methyl sites for hydroxylation is 2. The highest BCUT2D eigenvalue weighted by atomic mass is 32.1. The Labute approximate surface area is 258 Å². The van der Waals surface area contributed by atoms with E-state index in [0.717, 1.165) is 6.42 Å². The first kappa shape index (κ1) is 32.0. The molecule has 0 aliphatic carbocycles. The molecular weight excluding hydrogens is 539 g/mol. The van der Waals surface area contributed by atoms with Crippen LogP contribution >= 0.6 is 22.7 Å². The standard InChI is InChI=1S/C36H49BO2S2/c1-7-9-11-13-15-30-25-26-40-32(30)23-21-28-17-19-29(20-18-28)22-24-33-31(16-14-12-10-8-2)27-34(41-33)37-38-35(3,4)36(5,6)39-37/h17-27H,7-16H2,1-6H3/b23-21+,24-22+. The van der Waals surface area contributed by atoms with Crippen LogP contribution in [0.25, 0.3) is 24.3 Å². The van der Waals surface area contributed by atoms with Crippen molar-refractivity contribution in [3.63, 3.8) is 0 Å². The molecule has 2 aromatic heterocycles. The molecule has 4 rings (SSSR count). The molecule has 0 spiro atoms. The molecule has 0 unspecified atom stereocenters. The molecule has 220 valence electrons. The zero-order valence-electron chi connectivity index (χ0n) is 26.1. The Morgan fingerprint density at radius 1 is 0.659 bits per heavy atom. The molecule has 0 atom stereocenters. The maximum absolute atomic E-state index is 6.38. The number of unbranched alkanes of at least 4 members (excludes halogenated alkanes) is 6. The molecule has 1 fully saturated rings. The predicted octanol–water partition coefficient (Wildman–Crippen LogP) is 10.7. The Kier molecular flexibility index (Phi) is 11.7. The second-order valence-electron chi connectivity index (χ2n) is 12.4. The number of rotatable bonds is 15. The van der Waals surface area contributed by atoms with Crippen LogP contribution in [0.1, 0.15) is 125 Å². The molecule has 0 N–H and O–H groups in total. The minimum atomic E-state index is -0.325. The quantitative estimate of drug-likeness (QED) is 0.130. The number of hydrogen-bond acceptors (Lipinski definition) is 4. The second-order valence-corrected chi connectivity index (χ2v) is 14.5. The normalized spacial score (nSPS) is 16.5. The van der Waals surface area contributed by atoms with Crippen molar-refractivity contribution in [3.8, 4) is 0 Å². The molecular formula is C36H49BO2S2. The fourth-order valence-electron chi connectivity index (χ4n) is 5.12. The molecule has 1 aliphatic heterocycles. The van der Waals surface area contributed by atoms with Crippen LogP contribution in [0.15, 0.2) is 41.8 Å². The minimum Gasteiger partial charge on any atom is -0.399 e. The average Bonchev–Trinajstić information content (AvgIpc) is 3.63. The topological polar surface area (TPSA) is 18.5 Å². The molecule has 3 heterocycles. The maximum atomic E-state index is 6.38. The Morgan fingerprint density at radius 2 is 1.20 bits per heavy atom. The van der Waals surface area contributed by atoms with Crippen molar-refractivity contribution in [1.29, 1.82) is 0 Å². The van der Waals surface area contributed by atoms with E-state index in [-0.39, 0.29) is 18.3 Å². The van der Waals surface area contributed by atoms with Crippen LogP contribution < -0.4 is 4.78 Å². The summed E-state index contributed by atoms with van der Waals surface area (Å²) in [5.74, 6) is 0. The lowest BCUT2D eigenvalue weighted by molar-refractivity contribution is 0.00578. The molecule has 0 radical (unpaired) electrons. The Balaban J connectivity index is 1.43. The summed E-state index contributed by atoms with van der Waals surface area (Å²) < 4.78 is 13.9. The van der Waals surface area contributed by atoms with Gasteiger partial charge in [0.15, 0.2) is 0 Å². The minimum absolute atomic E-state index is 0.298. The Bertz CT molecular complexity index is 1260. The zero-order chi connectivity index (χ0) is 29.3. The second kappa shape index (κ2) is 15.0. The van der Waals surface area contributed by atoms with E-state index in [9.17, 15) is 0 Å². The Morgan fingerprint density at radius 3 is 1.76 bits per heavy atom. The molecule has 0 bridgehead atoms. The molecule has 5 heteroatoms. The fourth-order valence-corrected chi connectivity index (χ4v) is 7.05. The molecule has 0 saturated carbocycles. The first-order valence-corrected chi connectivity index (χ1v) is 17.4. The van der Waals surface area contributed by atoms with Gasteiger partial charge in [-0.25, -0.2) is 0 Å². The van der Waals surface area contributed by atoms with Crippen molar-refractivity contribution < 1.29 is 9.31 Å². The van der Waals surface area contributed by atoms with Crippen LogP contribution in [-0.2, 0) is 22.2 Å². The zero-order valence-corrected chi connectivity index (χ0v) is 27.8. The largest absolute Gasteiger partial charge is 0.505 e. The summed E-state index contributed by atoms with van der Waals surface area (Å²) in [6.45, 7) is 13.0. The summed E-state index contributed by atoms with van der Waals surface area (Å²) in [5.41, 5.74) is 4.71. The lowest BCUT2D eigenvalue weighted by atomic mass is 9.87. The van der Waals surface area contributed by atoms with Crippen LogP contribution in [0.4, 0.5) is 0 Å². The van der Waals surface area contributed by atoms with Gasteiger partial charge in [-0.05, 0) is 105 Å². The van der Waals surface area contributed by atoms with Gasteiger partial charge in [0.1, 0.15) is 0 Å². The van der Waals surface area contributed by atoms with Gasteiger partial charge in [-0.15, -0.1) is 22.7 Å². The van der Waals surface area contributed by atoms with Gasteiger partial charge in [-0.1, -0.05) is 88.8 Å². The molecule has 0 amide bonds. The molecule has 1 aliphatic rings. The van der Waals surface area contributed by atoms with Crippen molar-refractivity contribution >= 4 is 58.9 Å². The lowest BCUT2D eigenvalue weighted by Crippen LogP contribution is -2.41. The van der Waals surface area contributed by atoms with Crippen LogP contribution in [0.3, 0.4) is 0 Å². The van der Waals surface area contributed by atoms with E-state index in [0.29, 0.717) is 0 Å². The van der Waals surface area contributed by atoms with Crippen molar-refractivity contribution in [2.24, 2.45) is 0 Å². The van der Waals surface area contributed by atoms with Gasteiger partial charge in [0, 0.05) is 14.5 Å². The van der Waals surface area contributed by atoms with E-state index >= 15 is 0 Å². The van der Waals surface area contributed by atoms with Gasteiger partial charge in [0.25, 0.3) is 0 Å². The fraction of sp³-hybridized carbons (Fsp3) is 0.500. The van der Waals surface area contributed by atoms with E-state index in [1.807, 2.05) is 22.7 Å². The molecule has 2 nitrogen and oxygen atoms in total. The first-order valence-electron chi connectivity index (χ1n) is 15.7. The lowest BCUT2D eigenvalue weighted by Gasteiger charge is -2.32. The van der Waals surface area contributed by atoms with Crippen LogP contribution in [0.5, 0.6) is 0 Å². The summed E-state index contributed by atoms with van der Waals surface area (Å²) in [6, 6.07) is 13.5. The van der Waals surface area contributed by atoms with Gasteiger partial charge in [0.2, 0.25) is 0 Å². The average molecular weight is 589 g/mol. The van der Waals surface area contributed by atoms with Crippen molar-refractivity contribution in [2.45, 2.75) is 117 Å². The molecule has 41 heavy (non-hydrogen) atoms. The number of hydrogen-bond donors (Lipinski definition) is 0. The third-order valence-corrected chi connectivity index (χ3v) is 10.6. The molecule has 1 saturated heterocycles. The van der Waals surface area contributed by atoms with Gasteiger partial charge >= 0.3 is 7.12 Å². The highest BCUT2D eigenvalue weighted by molar-refractivity contribution is 7.23. The maximum Gasteiger partial charge on any atom is 0.505 e. The summed E-state index contributed by atoms with van der Waals surface area (Å²) >= 11 is 3.66. The van der Waals surface area contributed by atoms with Crippen LogP contribution in [-0.4, -0.2) is 18.3 Å². The number of thiophene rings is 2. The smallest absolute Gasteiger partial charge is 0.399 e. The van der Waals surface area contributed by atoms with E-state index in [4.69, 9.17) is 9.31 Å². The van der Waals surface area contributed by atoms with E-state index in [1.54, 1.807) is 0 Å². The first-order chi connectivity index (χ1) is 19.7. The van der Waals surface area contributed by atoms with Crippen molar-refractivity contribution in [3.05, 3.63) is 73.8 Å². The van der Waals surface area contributed by atoms with Crippen molar-refractivity contribution in [1.82, 2.24) is 0 Å². The van der Waals surface area contributed by atoms with Gasteiger partial charge in [0.05, 0.1) is 11.2 Å². The third-order valence-electron chi connectivity index (χ3n) is 8.52. The SMILES string of the molecule is CCCCCCc1ccsc1/C=C/c1ccc(/C=C/c2sc(B3OC(C)(C)C(C)(C)O3)cc2CCCCCC)cc1. The summed E-state index contributed by atoms with van der Waals surface area (Å²) in [7, 11) is -0.298. The molecule has 1 aromatic carbocycles. The Hall–Kier alpha value is -1.92. The summed E-state index contributed by atoms with van der Waals surface area (Å²) in [4.78, 5) is 2.71. The van der Waals surface area contributed by atoms with E-state index < -0.39 is 0 Å². The van der Waals surface area contributed by atoms with Gasteiger partial charge in [-0.2, -0.15) is 0 Å². The highest BCUT2D eigenvalue weighted by Crippen LogP contribution is 2.37. The third kappa shape index (κ3) is 8.80. The molecule has 3 aromatic rings. The monoisotopic (exact) mass is 588 g/mol.